The van der Waals surface area contributed by atoms with Gasteiger partial charge in [-0.2, -0.15) is 0 Å². The summed E-state index contributed by atoms with van der Waals surface area (Å²) in [5, 5.41) is 0. The van der Waals surface area contributed by atoms with Crippen LogP contribution in [0.5, 0.6) is 5.75 Å². The Morgan fingerprint density at radius 3 is 2.59 bits per heavy atom. The van der Waals surface area contributed by atoms with Gasteiger partial charge in [0.05, 0.1) is 16.8 Å². The number of carbonyl (C=O) groups is 2. The molecule has 2 aromatic rings. The summed E-state index contributed by atoms with van der Waals surface area (Å²) in [6.45, 7) is 5.21. The van der Waals surface area contributed by atoms with Crippen LogP contribution >= 0.6 is 11.3 Å². The zero-order valence-corrected chi connectivity index (χ0v) is 21.1. The predicted molar refractivity (Wildman–Crippen MR) is 136 cm³/mol. The van der Waals surface area contributed by atoms with Crippen molar-refractivity contribution in [1.29, 1.82) is 0 Å². The topological polar surface area (TPSA) is 49.9 Å². The molecule has 1 aromatic heterocycles. The lowest BCUT2D eigenvalue weighted by molar-refractivity contribution is -0.145. The quantitative estimate of drug-likeness (QED) is 0.600. The standard InChI is InChI=1S/C28H36N2O3S/c1-2-29-18-19-33-23-11-4-3-8-21(23)9-5-6-13-28(27(29)32)14-16-30(17-15-28)26(31)25-20-22-10-7-12-24(22)34-25/h3-4,8,11,20H,2,5-7,9-10,12-19H2,1H3. The minimum atomic E-state index is -0.358. The molecule has 1 aliphatic carbocycles. The highest BCUT2D eigenvalue weighted by molar-refractivity contribution is 7.14. The molecule has 0 saturated carbocycles. The van der Waals surface area contributed by atoms with E-state index in [4.69, 9.17) is 4.74 Å². The highest BCUT2D eigenvalue weighted by atomic mass is 32.1. The average Bonchev–Trinajstić information content (AvgIpc) is 3.47. The first kappa shape index (κ1) is 23.4. The minimum Gasteiger partial charge on any atom is -0.491 e. The lowest BCUT2D eigenvalue weighted by Crippen LogP contribution is -2.52. The summed E-state index contributed by atoms with van der Waals surface area (Å²) >= 11 is 1.69. The number of piperidine rings is 1. The van der Waals surface area contributed by atoms with Crippen molar-refractivity contribution >= 4 is 23.2 Å². The Hall–Kier alpha value is -2.34. The summed E-state index contributed by atoms with van der Waals surface area (Å²) < 4.78 is 6.09. The minimum absolute atomic E-state index is 0.159. The number of carbonyl (C=O) groups excluding carboxylic acids is 2. The van der Waals surface area contributed by atoms with Gasteiger partial charge in [-0.1, -0.05) is 24.6 Å². The van der Waals surface area contributed by atoms with E-state index in [0.29, 0.717) is 32.8 Å². The van der Waals surface area contributed by atoms with Crippen LogP contribution in [0.15, 0.2) is 30.3 Å². The number of likely N-dealkylation sites (N-methyl/N-ethyl adjacent to an activating group) is 1. The van der Waals surface area contributed by atoms with Crippen LogP contribution in [0.25, 0.3) is 0 Å². The molecule has 34 heavy (non-hydrogen) atoms. The molecule has 2 aliphatic heterocycles. The Kier molecular flexibility index (Phi) is 6.96. The first-order chi connectivity index (χ1) is 16.6. The van der Waals surface area contributed by atoms with E-state index < -0.39 is 0 Å². The van der Waals surface area contributed by atoms with Gasteiger partial charge < -0.3 is 14.5 Å². The van der Waals surface area contributed by atoms with Crippen molar-refractivity contribution in [2.75, 3.05) is 32.8 Å². The van der Waals surface area contributed by atoms with Crippen LogP contribution in [0.1, 0.15) is 71.1 Å². The Balaban J connectivity index is 1.29. The van der Waals surface area contributed by atoms with Crippen molar-refractivity contribution in [3.63, 3.8) is 0 Å². The third kappa shape index (κ3) is 4.61. The van der Waals surface area contributed by atoms with Crippen molar-refractivity contribution in [1.82, 2.24) is 9.80 Å². The summed E-state index contributed by atoms with van der Waals surface area (Å²) in [6, 6.07) is 10.4. The van der Waals surface area contributed by atoms with Crippen LogP contribution in [-0.4, -0.2) is 54.4 Å². The number of nitrogens with zero attached hydrogens (tertiary/aromatic N) is 2. The monoisotopic (exact) mass is 480 g/mol. The first-order valence-electron chi connectivity index (χ1n) is 13.0. The largest absolute Gasteiger partial charge is 0.491 e. The SMILES string of the molecule is CCN1CCOc2ccccc2CCCCC2(CCN(C(=O)c3cc4c(s3)CCC4)CC2)C1=O. The molecule has 5 nitrogen and oxygen atoms in total. The van der Waals surface area contributed by atoms with Crippen LogP contribution in [0.3, 0.4) is 0 Å². The van der Waals surface area contributed by atoms with Gasteiger partial charge in [0.25, 0.3) is 5.91 Å². The van der Waals surface area contributed by atoms with Crippen molar-refractivity contribution in [3.8, 4) is 5.75 Å². The molecular formula is C28H36N2O3S. The van der Waals surface area contributed by atoms with Gasteiger partial charge in [0.1, 0.15) is 12.4 Å². The van der Waals surface area contributed by atoms with Gasteiger partial charge >= 0.3 is 0 Å². The number of hydrogen-bond acceptors (Lipinski definition) is 4. The van der Waals surface area contributed by atoms with Gasteiger partial charge in [-0.15, -0.1) is 11.3 Å². The normalized spacial score (nSPS) is 20.8. The second-order valence-electron chi connectivity index (χ2n) is 10.0. The average molecular weight is 481 g/mol. The summed E-state index contributed by atoms with van der Waals surface area (Å²) in [5.41, 5.74) is 2.27. The number of aryl methyl sites for hydroxylation is 3. The lowest BCUT2D eigenvalue weighted by atomic mass is 9.73. The van der Waals surface area contributed by atoms with E-state index in [1.54, 1.807) is 11.3 Å². The number of likely N-dealkylation sites (tertiary alicyclic amines) is 1. The number of rotatable bonds is 2. The molecular weight excluding hydrogens is 444 g/mol. The van der Waals surface area contributed by atoms with Gasteiger partial charge in [0.15, 0.2) is 0 Å². The number of benzene rings is 1. The van der Waals surface area contributed by atoms with E-state index >= 15 is 0 Å². The molecule has 1 spiro atoms. The van der Waals surface area contributed by atoms with Gasteiger partial charge in [-0.25, -0.2) is 0 Å². The Bertz CT molecular complexity index is 1020. The molecule has 1 fully saturated rings. The van der Waals surface area contributed by atoms with Gasteiger partial charge in [-0.05, 0) is 81.5 Å². The molecule has 5 rings (SSSR count). The molecule has 0 atom stereocenters. The number of hydrogen-bond donors (Lipinski definition) is 0. The Morgan fingerprint density at radius 2 is 1.79 bits per heavy atom. The van der Waals surface area contributed by atoms with E-state index in [1.807, 2.05) is 21.9 Å². The molecule has 182 valence electrons. The molecule has 6 heteroatoms. The maximum Gasteiger partial charge on any atom is 0.263 e. The number of amides is 2. The van der Waals surface area contributed by atoms with E-state index in [2.05, 4.69) is 25.1 Å². The zero-order chi connectivity index (χ0) is 23.5. The van der Waals surface area contributed by atoms with Gasteiger partial charge in [0, 0.05) is 24.5 Å². The first-order valence-corrected chi connectivity index (χ1v) is 13.8. The Morgan fingerprint density at radius 1 is 1.00 bits per heavy atom. The van der Waals surface area contributed by atoms with E-state index in [1.165, 1.54) is 22.4 Å². The van der Waals surface area contributed by atoms with Crippen LogP contribution in [0, 0.1) is 5.41 Å². The van der Waals surface area contributed by atoms with Gasteiger partial charge in [-0.3, -0.25) is 9.59 Å². The van der Waals surface area contributed by atoms with Crippen molar-refractivity contribution in [2.45, 2.75) is 64.7 Å². The van der Waals surface area contributed by atoms with E-state index in [0.717, 1.165) is 62.0 Å². The maximum atomic E-state index is 13.8. The summed E-state index contributed by atoms with van der Waals surface area (Å²) in [6.07, 6.45) is 8.91. The van der Waals surface area contributed by atoms with Gasteiger partial charge in [0.2, 0.25) is 5.91 Å². The second kappa shape index (κ2) is 10.1. The van der Waals surface area contributed by atoms with Crippen molar-refractivity contribution in [3.05, 3.63) is 51.2 Å². The smallest absolute Gasteiger partial charge is 0.263 e. The molecule has 0 bridgehead atoms. The molecule has 0 N–H and O–H groups in total. The molecule has 1 saturated heterocycles. The zero-order valence-electron chi connectivity index (χ0n) is 20.3. The second-order valence-corrected chi connectivity index (χ2v) is 11.2. The number of thiophene rings is 1. The number of fused-ring (bicyclic) bond motifs is 2. The van der Waals surface area contributed by atoms with Crippen molar-refractivity contribution < 1.29 is 14.3 Å². The third-order valence-corrected chi connectivity index (χ3v) is 9.26. The molecule has 1 aromatic carbocycles. The fourth-order valence-corrected chi connectivity index (χ4v) is 7.15. The number of ether oxygens (including phenoxy) is 1. The van der Waals surface area contributed by atoms with E-state index in [-0.39, 0.29) is 17.2 Å². The van der Waals surface area contributed by atoms with Crippen LogP contribution in [0.2, 0.25) is 0 Å². The molecule has 0 radical (unpaired) electrons. The maximum absolute atomic E-state index is 13.8. The van der Waals surface area contributed by atoms with Crippen LogP contribution in [0.4, 0.5) is 0 Å². The molecule has 0 unspecified atom stereocenters. The van der Waals surface area contributed by atoms with Crippen molar-refractivity contribution in [2.24, 2.45) is 5.41 Å². The Labute approximate surface area is 207 Å². The van der Waals surface area contributed by atoms with Crippen LogP contribution < -0.4 is 4.74 Å². The fraction of sp³-hybridized carbons (Fsp3) is 0.571. The summed E-state index contributed by atoms with van der Waals surface area (Å²) in [5.74, 6) is 1.37. The summed E-state index contributed by atoms with van der Waals surface area (Å²) in [4.78, 5) is 33.3. The third-order valence-electron chi connectivity index (χ3n) is 8.03. The van der Waals surface area contributed by atoms with Crippen LogP contribution in [-0.2, 0) is 24.1 Å². The molecule has 3 heterocycles. The lowest BCUT2D eigenvalue weighted by Gasteiger charge is -2.43. The highest BCUT2D eigenvalue weighted by Crippen LogP contribution is 2.40. The number of para-hydroxylation sites is 1. The fourth-order valence-electron chi connectivity index (χ4n) is 5.93. The van der Waals surface area contributed by atoms with E-state index in [9.17, 15) is 9.59 Å². The summed E-state index contributed by atoms with van der Waals surface area (Å²) in [7, 11) is 0. The highest BCUT2D eigenvalue weighted by Gasteiger charge is 2.44. The molecule has 2 amide bonds. The molecule has 3 aliphatic rings. The predicted octanol–water partition coefficient (Wildman–Crippen LogP) is 5.11.